The van der Waals surface area contributed by atoms with Crippen LogP contribution in [0.3, 0.4) is 0 Å². The van der Waals surface area contributed by atoms with E-state index in [4.69, 9.17) is 0 Å². The summed E-state index contributed by atoms with van der Waals surface area (Å²) < 4.78 is 0. The van der Waals surface area contributed by atoms with E-state index in [-0.39, 0.29) is 12.0 Å². The lowest BCUT2D eigenvalue weighted by molar-refractivity contribution is -0.119. The summed E-state index contributed by atoms with van der Waals surface area (Å²) in [6.07, 6.45) is 3.76. The molecule has 12 heavy (non-hydrogen) atoms. The second kappa shape index (κ2) is 7.10. The molecule has 1 amide bonds. The highest BCUT2D eigenvalue weighted by molar-refractivity contribution is 5.72. The zero-order valence-corrected chi connectivity index (χ0v) is 7.97. The molecule has 0 spiro atoms. The number of hydrogen-bond acceptors (Lipinski definition) is 2. The molecule has 0 aromatic carbocycles. The van der Waals surface area contributed by atoms with Gasteiger partial charge >= 0.3 is 0 Å². The Bertz CT molecular complexity index is 126. The predicted molar refractivity (Wildman–Crippen MR) is 48.8 cm³/mol. The fraction of sp³-hybridized carbons (Fsp3) is 0.889. The standard InChI is InChI=1S/C9H19NO2/c1-3-4-5-6-9(12)7-10-8(2)11/h9,12H,3-7H2,1-2H3,(H,10,11)/t9-/m0/s1. The quantitative estimate of drug-likeness (QED) is 0.590. The molecule has 0 bridgehead atoms. The minimum absolute atomic E-state index is 0.0791. The molecule has 0 aliphatic heterocycles. The second-order valence-corrected chi connectivity index (χ2v) is 3.09. The fourth-order valence-corrected chi connectivity index (χ4v) is 0.994. The van der Waals surface area contributed by atoms with Gasteiger partial charge in [-0.25, -0.2) is 0 Å². The zero-order chi connectivity index (χ0) is 9.40. The van der Waals surface area contributed by atoms with Crippen molar-refractivity contribution in [1.82, 2.24) is 5.32 Å². The van der Waals surface area contributed by atoms with Crippen LogP contribution < -0.4 is 5.32 Å². The number of amides is 1. The molecule has 0 aliphatic carbocycles. The van der Waals surface area contributed by atoms with Gasteiger partial charge in [0.15, 0.2) is 0 Å². The van der Waals surface area contributed by atoms with Crippen LogP contribution in [0.4, 0.5) is 0 Å². The maximum Gasteiger partial charge on any atom is 0.216 e. The van der Waals surface area contributed by atoms with Crippen molar-refractivity contribution in [3.05, 3.63) is 0 Å². The van der Waals surface area contributed by atoms with E-state index >= 15 is 0 Å². The number of carbonyl (C=O) groups is 1. The Morgan fingerprint density at radius 1 is 1.50 bits per heavy atom. The van der Waals surface area contributed by atoms with Crippen molar-refractivity contribution in [1.29, 1.82) is 0 Å². The van der Waals surface area contributed by atoms with E-state index < -0.39 is 0 Å². The topological polar surface area (TPSA) is 49.3 Å². The van der Waals surface area contributed by atoms with Crippen molar-refractivity contribution in [3.63, 3.8) is 0 Å². The number of rotatable bonds is 6. The van der Waals surface area contributed by atoms with Gasteiger partial charge in [-0.1, -0.05) is 26.2 Å². The van der Waals surface area contributed by atoms with Gasteiger partial charge in [-0.05, 0) is 6.42 Å². The molecule has 0 aromatic heterocycles. The number of unbranched alkanes of at least 4 members (excludes halogenated alkanes) is 2. The number of carbonyl (C=O) groups excluding carboxylic acids is 1. The SMILES string of the molecule is CCCCC[C@H](O)CNC(C)=O. The lowest BCUT2D eigenvalue weighted by Crippen LogP contribution is -2.30. The van der Waals surface area contributed by atoms with Crippen LogP contribution in [0, 0.1) is 0 Å². The van der Waals surface area contributed by atoms with Crippen LogP contribution in [0.15, 0.2) is 0 Å². The highest BCUT2D eigenvalue weighted by Gasteiger charge is 2.03. The van der Waals surface area contributed by atoms with E-state index in [0.717, 1.165) is 25.7 Å². The predicted octanol–water partition coefficient (Wildman–Crippen LogP) is 1.06. The number of aliphatic hydroxyl groups is 1. The molecule has 3 heteroatoms. The normalized spacial score (nSPS) is 12.6. The average Bonchev–Trinajstić information content (AvgIpc) is 2.01. The second-order valence-electron chi connectivity index (χ2n) is 3.09. The Hall–Kier alpha value is -0.570. The Kier molecular flexibility index (Phi) is 6.76. The molecule has 0 saturated heterocycles. The van der Waals surface area contributed by atoms with Crippen molar-refractivity contribution in [2.24, 2.45) is 0 Å². The average molecular weight is 173 g/mol. The molecule has 0 saturated carbocycles. The lowest BCUT2D eigenvalue weighted by atomic mass is 10.1. The lowest BCUT2D eigenvalue weighted by Gasteiger charge is -2.09. The van der Waals surface area contributed by atoms with E-state index in [2.05, 4.69) is 12.2 Å². The summed E-state index contributed by atoms with van der Waals surface area (Å²) in [6, 6.07) is 0. The summed E-state index contributed by atoms with van der Waals surface area (Å²) in [5, 5.41) is 11.9. The molecule has 0 rings (SSSR count). The third-order valence-corrected chi connectivity index (χ3v) is 1.73. The third kappa shape index (κ3) is 7.54. The minimum Gasteiger partial charge on any atom is -0.391 e. The van der Waals surface area contributed by atoms with Gasteiger partial charge in [0.05, 0.1) is 6.10 Å². The van der Waals surface area contributed by atoms with Crippen LogP contribution >= 0.6 is 0 Å². The van der Waals surface area contributed by atoms with E-state index in [0.29, 0.717) is 6.54 Å². The van der Waals surface area contributed by atoms with Crippen molar-refractivity contribution in [2.75, 3.05) is 6.54 Å². The first kappa shape index (κ1) is 11.4. The van der Waals surface area contributed by atoms with Crippen molar-refractivity contribution >= 4 is 5.91 Å². The summed E-state index contributed by atoms with van der Waals surface area (Å²) in [6.45, 7) is 3.97. The molecular formula is C9H19NO2. The molecule has 3 nitrogen and oxygen atoms in total. The molecule has 1 atom stereocenters. The summed E-state index contributed by atoms with van der Waals surface area (Å²) in [4.78, 5) is 10.5. The Morgan fingerprint density at radius 2 is 2.17 bits per heavy atom. The molecule has 2 N–H and O–H groups in total. The van der Waals surface area contributed by atoms with Crippen LogP contribution in [0.25, 0.3) is 0 Å². The maximum absolute atomic E-state index is 10.5. The van der Waals surface area contributed by atoms with Crippen LogP contribution in [0.5, 0.6) is 0 Å². The van der Waals surface area contributed by atoms with Crippen molar-refractivity contribution in [2.45, 2.75) is 45.6 Å². The number of aliphatic hydroxyl groups excluding tert-OH is 1. The van der Waals surface area contributed by atoms with Crippen LogP contribution in [0.1, 0.15) is 39.5 Å². The van der Waals surface area contributed by atoms with Gasteiger partial charge in [-0.15, -0.1) is 0 Å². The van der Waals surface area contributed by atoms with Gasteiger partial charge in [0.25, 0.3) is 0 Å². The fourth-order valence-electron chi connectivity index (χ4n) is 0.994. The highest BCUT2D eigenvalue weighted by Crippen LogP contribution is 2.02. The van der Waals surface area contributed by atoms with E-state index in [1.165, 1.54) is 6.92 Å². The molecule has 0 unspecified atom stereocenters. The molecular weight excluding hydrogens is 154 g/mol. The van der Waals surface area contributed by atoms with Gasteiger partial charge in [0, 0.05) is 13.5 Å². The van der Waals surface area contributed by atoms with Crippen molar-refractivity contribution in [3.8, 4) is 0 Å². The first-order valence-corrected chi connectivity index (χ1v) is 4.59. The first-order chi connectivity index (χ1) is 5.66. The van der Waals surface area contributed by atoms with Gasteiger partial charge in [-0.3, -0.25) is 4.79 Å². The van der Waals surface area contributed by atoms with Crippen LogP contribution in [-0.4, -0.2) is 23.7 Å². The molecule has 0 fully saturated rings. The third-order valence-electron chi connectivity index (χ3n) is 1.73. The summed E-state index contributed by atoms with van der Waals surface area (Å²) in [5.41, 5.74) is 0. The largest absolute Gasteiger partial charge is 0.391 e. The number of hydrogen-bond donors (Lipinski definition) is 2. The van der Waals surface area contributed by atoms with E-state index in [1.54, 1.807) is 0 Å². The molecule has 0 aromatic rings. The summed E-state index contributed by atoms with van der Waals surface area (Å²) in [5.74, 6) is -0.0791. The van der Waals surface area contributed by atoms with Gasteiger partial charge in [-0.2, -0.15) is 0 Å². The van der Waals surface area contributed by atoms with Gasteiger partial charge < -0.3 is 10.4 Å². The van der Waals surface area contributed by atoms with Crippen LogP contribution in [0.2, 0.25) is 0 Å². The monoisotopic (exact) mass is 173 g/mol. The summed E-state index contributed by atoms with van der Waals surface area (Å²) in [7, 11) is 0. The van der Waals surface area contributed by atoms with Crippen molar-refractivity contribution < 1.29 is 9.90 Å². The molecule has 0 heterocycles. The Morgan fingerprint density at radius 3 is 2.67 bits per heavy atom. The smallest absolute Gasteiger partial charge is 0.216 e. The molecule has 0 aliphatic rings. The number of nitrogens with one attached hydrogen (secondary N) is 1. The zero-order valence-electron chi connectivity index (χ0n) is 7.97. The van der Waals surface area contributed by atoms with Gasteiger partial charge in [0.2, 0.25) is 5.91 Å². The maximum atomic E-state index is 10.5. The first-order valence-electron chi connectivity index (χ1n) is 4.59. The van der Waals surface area contributed by atoms with E-state index in [1.807, 2.05) is 0 Å². The Balaban J connectivity index is 3.21. The summed E-state index contributed by atoms with van der Waals surface area (Å²) >= 11 is 0. The van der Waals surface area contributed by atoms with Crippen LogP contribution in [-0.2, 0) is 4.79 Å². The Labute approximate surface area is 74.2 Å². The molecule has 0 radical (unpaired) electrons. The molecule has 72 valence electrons. The van der Waals surface area contributed by atoms with Gasteiger partial charge in [0.1, 0.15) is 0 Å². The highest BCUT2D eigenvalue weighted by atomic mass is 16.3. The minimum atomic E-state index is -0.375. The van der Waals surface area contributed by atoms with E-state index in [9.17, 15) is 9.90 Å².